The molecule has 7 aromatic rings. The van der Waals surface area contributed by atoms with Gasteiger partial charge in [-0.2, -0.15) is 20.6 Å². The van der Waals surface area contributed by atoms with E-state index in [4.69, 9.17) is 29.7 Å². The minimum absolute atomic E-state index is 0.109. The van der Waals surface area contributed by atoms with E-state index in [1.165, 1.54) is 11.0 Å². The molecule has 2 bridgehead atoms. The number of rotatable bonds is 9. The Morgan fingerprint density at radius 1 is 0.890 bits per heavy atom. The van der Waals surface area contributed by atoms with Gasteiger partial charge in [-0.1, -0.05) is 6.07 Å². The highest BCUT2D eigenvalue weighted by Crippen LogP contribution is 2.37. The molecule has 2 atom stereocenters. The zero-order chi connectivity index (χ0) is 50.3. The van der Waals surface area contributed by atoms with Gasteiger partial charge in [-0.25, -0.2) is 23.7 Å². The number of urea groups is 1. The second-order valence-corrected chi connectivity index (χ2v) is 19.1. The van der Waals surface area contributed by atoms with Crippen LogP contribution in [0, 0.1) is 17.1 Å². The smallest absolute Gasteiger partial charge is 0.329 e. The SMILES string of the molecule is Cn1nc(N2CCC(=O)NC2=O)c2cc(F)c(N3CCN([C@H]4CC[C@@H](n5cc(-c6cn7ncc(C#N)c7c(-c7ccc(N8C[C@H]9COC[C@@H](C8)N9Cc8ccc(=O)[nH]c8)nc7)n6)cn5)CC4)CC3)cc21.O=CO. The van der Waals surface area contributed by atoms with Crippen LogP contribution in [0.3, 0.4) is 0 Å². The van der Waals surface area contributed by atoms with Crippen molar-refractivity contribution in [3.8, 4) is 28.6 Å². The van der Waals surface area contributed by atoms with Gasteiger partial charge in [0, 0.05) is 113 Å². The van der Waals surface area contributed by atoms with Crippen LogP contribution in [0.5, 0.6) is 0 Å². The number of morpholine rings is 1. The summed E-state index contributed by atoms with van der Waals surface area (Å²) >= 11 is 0. The number of carbonyl (C=O) groups is 3. The number of nitrogens with zero attached hydrogens (tertiary/aromatic N) is 14. The number of pyridine rings is 2. The highest BCUT2D eigenvalue weighted by atomic mass is 19.1. The molecule has 6 aromatic heterocycles. The fourth-order valence-corrected chi connectivity index (χ4v) is 11.2. The Balaban J connectivity index is 0.00000187. The van der Waals surface area contributed by atoms with Crippen LogP contribution in [0.2, 0.25) is 0 Å². The van der Waals surface area contributed by atoms with E-state index in [-0.39, 0.29) is 54.8 Å². The lowest BCUT2D eigenvalue weighted by Crippen LogP contribution is -2.64. The molecule has 0 radical (unpaired) electrons. The first-order valence-electron chi connectivity index (χ1n) is 24.5. The van der Waals surface area contributed by atoms with E-state index in [1.807, 2.05) is 42.9 Å². The molecule has 3 amide bonds. The van der Waals surface area contributed by atoms with Gasteiger partial charge in [-0.05, 0) is 55.5 Å². The van der Waals surface area contributed by atoms with Gasteiger partial charge in [0.05, 0.1) is 72.5 Å². The van der Waals surface area contributed by atoms with E-state index in [1.54, 1.807) is 34.7 Å². The predicted octanol–water partition coefficient (Wildman–Crippen LogP) is 3.78. The van der Waals surface area contributed by atoms with Gasteiger partial charge in [0.15, 0.2) is 5.82 Å². The fraction of sp³-hybridized carbons (Fsp3) is 0.400. The zero-order valence-electron chi connectivity index (χ0n) is 40.0. The number of ether oxygens (including phenoxy) is 1. The van der Waals surface area contributed by atoms with Crippen LogP contribution in [0.25, 0.3) is 38.9 Å². The van der Waals surface area contributed by atoms with Gasteiger partial charge >= 0.3 is 6.03 Å². The van der Waals surface area contributed by atoms with Crippen molar-refractivity contribution in [2.45, 2.75) is 62.8 Å². The van der Waals surface area contributed by atoms with Gasteiger partial charge in [0.25, 0.3) is 6.47 Å². The molecule has 22 nitrogen and oxygen atoms in total. The number of amides is 3. The van der Waals surface area contributed by atoms with Crippen LogP contribution in [0.1, 0.15) is 49.3 Å². The second-order valence-electron chi connectivity index (χ2n) is 19.1. The number of benzene rings is 1. The maximum atomic E-state index is 15.8. The number of aromatic nitrogens is 9. The minimum Gasteiger partial charge on any atom is -0.483 e. The molecule has 0 spiro atoms. The molecule has 376 valence electrons. The molecule has 4 aliphatic heterocycles. The predicted molar refractivity (Wildman–Crippen MR) is 265 cm³/mol. The lowest BCUT2D eigenvalue weighted by Gasteiger charge is -2.50. The summed E-state index contributed by atoms with van der Waals surface area (Å²) in [5.74, 6) is 0.508. The average molecular weight is 993 g/mol. The first kappa shape index (κ1) is 47.3. The summed E-state index contributed by atoms with van der Waals surface area (Å²) in [5.41, 5.74) is 6.18. The third-order valence-corrected chi connectivity index (χ3v) is 14.9. The van der Waals surface area contributed by atoms with Crippen molar-refractivity contribution in [2.75, 3.05) is 73.7 Å². The van der Waals surface area contributed by atoms with Crippen LogP contribution in [-0.4, -0.2) is 155 Å². The Kier molecular flexibility index (Phi) is 12.9. The molecule has 1 aromatic carbocycles. The van der Waals surface area contributed by atoms with Gasteiger partial charge in [-0.3, -0.25) is 43.8 Å². The molecule has 10 heterocycles. The number of carbonyl (C=O) groups excluding carboxylic acids is 2. The quantitative estimate of drug-likeness (QED) is 0.174. The Bertz CT molecular complexity index is 3280. The van der Waals surface area contributed by atoms with Crippen LogP contribution in [-0.2, 0) is 27.9 Å². The zero-order valence-corrected chi connectivity index (χ0v) is 40.0. The standard InChI is InChI=1S/C49H51FN16O4.CH2O2/c1-59-41-17-42(39(50)16-38(41)48(58-59)63-11-10-45(68)57-49(63)69)61-14-12-60(13-15-61)34-4-6-35(7-5-34)65-24-33(22-54-65)40-27-66-47(32(18-51)21-55-66)46(56-40)31-3-8-43(52-20-31)62-25-36-28-70-29-37(26-62)64(36)23-30-2-9-44(67)53-19-30;2-1-3/h2-3,8-9,16-17,19-22,24,27,34-37H,4-7,10-15,23,25-26,28-29H2,1H3,(H,53,67)(H,57,68,69);1H,(H,2,3)/t34-,35+,36-,37+;. The van der Waals surface area contributed by atoms with E-state index < -0.39 is 6.03 Å². The molecular formula is C50H53FN16O6. The number of carboxylic acid groups (broad SMARTS) is 1. The number of H-pyrrole nitrogens is 1. The van der Waals surface area contributed by atoms with Crippen molar-refractivity contribution < 1.29 is 28.6 Å². The minimum atomic E-state index is -0.550. The summed E-state index contributed by atoms with van der Waals surface area (Å²) in [6.07, 6.45) is 15.1. The molecule has 3 N–H and O–H groups in total. The number of imide groups is 1. The summed E-state index contributed by atoms with van der Waals surface area (Å²) in [4.78, 5) is 68.0. The van der Waals surface area contributed by atoms with Crippen LogP contribution < -0.4 is 25.6 Å². The van der Waals surface area contributed by atoms with E-state index in [0.29, 0.717) is 77.2 Å². The number of nitriles is 1. The maximum absolute atomic E-state index is 15.8. The number of nitrogens with one attached hydrogen (secondary N) is 2. The van der Waals surface area contributed by atoms with Gasteiger partial charge < -0.3 is 24.6 Å². The monoisotopic (exact) mass is 992 g/mol. The van der Waals surface area contributed by atoms with Gasteiger partial charge in [0.1, 0.15) is 28.8 Å². The lowest BCUT2D eigenvalue weighted by atomic mass is 9.90. The summed E-state index contributed by atoms with van der Waals surface area (Å²) in [6.45, 7) is 6.43. The van der Waals surface area contributed by atoms with Crippen molar-refractivity contribution >= 4 is 52.2 Å². The molecule has 1 saturated carbocycles. The van der Waals surface area contributed by atoms with Crippen LogP contribution >= 0.6 is 0 Å². The third kappa shape index (κ3) is 9.24. The van der Waals surface area contributed by atoms with Gasteiger partial charge in [-0.15, -0.1) is 0 Å². The van der Waals surface area contributed by atoms with E-state index in [2.05, 4.69) is 57.0 Å². The molecule has 5 aliphatic rings. The normalized spacial score (nSPS) is 21.7. The molecular weight excluding hydrogens is 940 g/mol. The maximum Gasteiger partial charge on any atom is 0.329 e. The summed E-state index contributed by atoms with van der Waals surface area (Å²) in [7, 11) is 1.78. The molecule has 23 heteroatoms. The van der Waals surface area contributed by atoms with Crippen molar-refractivity contribution in [3.63, 3.8) is 0 Å². The van der Waals surface area contributed by atoms with E-state index >= 15 is 4.39 Å². The molecule has 1 aliphatic carbocycles. The fourth-order valence-electron chi connectivity index (χ4n) is 11.2. The average Bonchev–Trinajstić information content (AvgIpc) is 4.15. The van der Waals surface area contributed by atoms with Crippen molar-refractivity contribution in [3.05, 3.63) is 101 Å². The van der Waals surface area contributed by atoms with Crippen molar-refractivity contribution in [2.24, 2.45) is 7.05 Å². The number of aryl methyl sites for hydroxylation is 1. The van der Waals surface area contributed by atoms with Crippen LogP contribution in [0.4, 0.5) is 26.5 Å². The summed E-state index contributed by atoms with van der Waals surface area (Å²) < 4.78 is 27.2. The first-order valence-corrected chi connectivity index (χ1v) is 24.5. The Hall–Kier alpha value is -8.07. The lowest BCUT2D eigenvalue weighted by molar-refractivity contribution is -0.123. The second kappa shape index (κ2) is 19.9. The van der Waals surface area contributed by atoms with Gasteiger partial charge in [0.2, 0.25) is 11.5 Å². The summed E-state index contributed by atoms with van der Waals surface area (Å²) in [6, 6.07) is 13.5. The van der Waals surface area contributed by atoms with Crippen molar-refractivity contribution in [1.29, 1.82) is 5.26 Å². The number of fused-ring (bicyclic) bond motifs is 4. The number of anilines is 3. The highest BCUT2D eigenvalue weighted by molar-refractivity contribution is 6.09. The highest BCUT2D eigenvalue weighted by Gasteiger charge is 2.39. The summed E-state index contributed by atoms with van der Waals surface area (Å²) in [5, 5.41) is 33.7. The Labute approximate surface area is 417 Å². The molecule has 12 rings (SSSR count). The number of halogens is 1. The Morgan fingerprint density at radius 2 is 1.66 bits per heavy atom. The number of hydrogen-bond donors (Lipinski definition) is 3. The molecule has 73 heavy (non-hydrogen) atoms. The third-order valence-electron chi connectivity index (χ3n) is 14.9. The molecule has 4 saturated heterocycles. The van der Waals surface area contributed by atoms with Crippen molar-refractivity contribution in [1.82, 2.24) is 59.2 Å². The van der Waals surface area contributed by atoms with Crippen LogP contribution in [0.15, 0.2) is 78.4 Å². The number of hydrogen-bond acceptors (Lipinski definition) is 15. The topological polar surface area (TPSA) is 244 Å². The largest absolute Gasteiger partial charge is 0.483 e. The molecule has 0 unspecified atom stereocenters. The first-order chi connectivity index (χ1) is 35.5. The van der Waals surface area contributed by atoms with E-state index in [9.17, 15) is 19.6 Å². The number of piperazine rings is 2. The molecule has 5 fully saturated rings. The Morgan fingerprint density at radius 3 is 2.36 bits per heavy atom. The van der Waals surface area contributed by atoms with E-state index in [0.717, 1.165) is 80.9 Å². The number of aromatic amines is 1.